The Kier molecular flexibility index (Phi) is 9.99. The van der Waals surface area contributed by atoms with Crippen molar-refractivity contribution < 1.29 is 14.3 Å². The molecule has 0 aromatic rings. The minimum absolute atomic E-state index is 0.0355. The number of likely N-dealkylation sites (N-methyl/N-ethyl adjacent to an activating group) is 1. The first kappa shape index (κ1) is 27.0. The van der Waals surface area contributed by atoms with Crippen LogP contribution in [0.3, 0.4) is 0 Å². The van der Waals surface area contributed by atoms with Crippen LogP contribution in [-0.4, -0.2) is 93.4 Å². The summed E-state index contributed by atoms with van der Waals surface area (Å²) in [5.74, 6) is 2.21. The summed E-state index contributed by atoms with van der Waals surface area (Å²) in [6, 6.07) is 0.333. The van der Waals surface area contributed by atoms with E-state index in [1.54, 1.807) is 0 Å². The molecular weight excluding hydrogens is 442 g/mol. The van der Waals surface area contributed by atoms with Gasteiger partial charge in [0, 0.05) is 71.2 Å². The molecule has 0 spiro atoms. The number of Topliss-reactive ketones (excluding diaryl/α,β-unsaturated/α-hetero) is 1. The summed E-state index contributed by atoms with van der Waals surface area (Å²) in [5, 5.41) is 11.2. The number of hydrogen-bond donors (Lipinski definition) is 3. The molecule has 0 radical (unpaired) electrons. The Balaban J connectivity index is 1.25. The lowest BCUT2D eigenvalue weighted by Gasteiger charge is -2.42. The summed E-state index contributed by atoms with van der Waals surface area (Å²) in [4.78, 5) is 30.1. The van der Waals surface area contributed by atoms with E-state index in [9.17, 15) is 9.59 Å². The van der Waals surface area contributed by atoms with Crippen molar-refractivity contribution >= 4 is 11.7 Å². The fraction of sp³-hybridized carbons (Fsp3) is 0.926. The molecule has 200 valence electrons. The summed E-state index contributed by atoms with van der Waals surface area (Å²) in [7, 11) is 3.94. The highest BCUT2D eigenvalue weighted by atomic mass is 16.5. The van der Waals surface area contributed by atoms with E-state index < -0.39 is 0 Å². The van der Waals surface area contributed by atoms with Gasteiger partial charge in [0.2, 0.25) is 5.91 Å². The van der Waals surface area contributed by atoms with E-state index >= 15 is 0 Å². The number of carbonyl (C=O) groups excluding carboxylic acids is 2. The molecule has 1 amide bonds. The van der Waals surface area contributed by atoms with Gasteiger partial charge >= 0.3 is 0 Å². The molecule has 0 bridgehead atoms. The van der Waals surface area contributed by atoms with Crippen LogP contribution in [0.1, 0.15) is 64.7 Å². The summed E-state index contributed by atoms with van der Waals surface area (Å²) in [5.41, 5.74) is 0. The zero-order valence-electron chi connectivity index (χ0n) is 22.3. The van der Waals surface area contributed by atoms with Crippen LogP contribution in [0.2, 0.25) is 0 Å². The topological polar surface area (TPSA) is 85.9 Å². The predicted octanol–water partition coefficient (Wildman–Crippen LogP) is 1.80. The van der Waals surface area contributed by atoms with Crippen molar-refractivity contribution in [1.29, 1.82) is 0 Å². The second-order valence-corrected chi connectivity index (χ2v) is 11.5. The Morgan fingerprint density at radius 3 is 2.26 bits per heavy atom. The Bertz CT molecular complexity index is 682. The third-order valence-electron chi connectivity index (χ3n) is 9.33. The standard InChI is InChI=1S/C27H49N5O3/c1-4-25(33)24-10-7-22(15-20(24)16-26(34)32-13-11-31(2)12-14-32)30-27-28-17-21(18-29-27)19-5-8-23(35-3)9-6-19/h19-24,27-30H,4-18H2,1-3H3. The average Bonchev–Trinajstić information content (AvgIpc) is 2.89. The summed E-state index contributed by atoms with van der Waals surface area (Å²) < 4.78 is 5.54. The van der Waals surface area contributed by atoms with Crippen molar-refractivity contribution in [3.8, 4) is 0 Å². The summed E-state index contributed by atoms with van der Waals surface area (Å²) >= 11 is 0. The molecule has 8 heteroatoms. The molecule has 3 atom stereocenters. The second kappa shape index (κ2) is 13.0. The van der Waals surface area contributed by atoms with Crippen LogP contribution in [0.25, 0.3) is 0 Å². The van der Waals surface area contributed by atoms with Crippen LogP contribution in [0.5, 0.6) is 0 Å². The number of rotatable bonds is 8. The smallest absolute Gasteiger partial charge is 0.222 e. The highest BCUT2D eigenvalue weighted by Gasteiger charge is 2.38. The summed E-state index contributed by atoms with van der Waals surface area (Å²) in [6.07, 6.45) is 9.35. The van der Waals surface area contributed by atoms with E-state index in [1.165, 1.54) is 25.7 Å². The molecule has 35 heavy (non-hydrogen) atoms. The molecular formula is C27H49N5O3. The van der Waals surface area contributed by atoms with Gasteiger partial charge in [0.1, 0.15) is 12.1 Å². The Labute approximate surface area is 212 Å². The zero-order chi connectivity index (χ0) is 24.8. The SMILES string of the molecule is CCC(=O)C1CCC(NC2NCC(C3CCC(OC)CC3)CN2)CC1CC(=O)N1CCN(C)CC1. The Hall–Kier alpha value is -1.06. The van der Waals surface area contributed by atoms with Crippen molar-refractivity contribution in [2.75, 3.05) is 53.4 Å². The monoisotopic (exact) mass is 491 g/mol. The lowest BCUT2D eigenvalue weighted by molar-refractivity contribution is -0.135. The molecule has 2 saturated carbocycles. The molecule has 8 nitrogen and oxygen atoms in total. The van der Waals surface area contributed by atoms with Gasteiger partial charge in [0.05, 0.1) is 6.10 Å². The first-order valence-electron chi connectivity index (χ1n) is 14.2. The third kappa shape index (κ3) is 7.25. The Morgan fingerprint density at radius 2 is 1.63 bits per heavy atom. The maximum absolute atomic E-state index is 13.1. The van der Waals surface area contributed by atoms with Gasteiger partial charge in [-0.25, -0.2) is 0 Å². The first-order chi connectivity index (χ1) is 17.0. The number of carbonyl (C=O) groups is 2. The van der Waals surface area contributed by atoms with Crippen molar-refractivity contribution in [3.05, 3.63) is 0 Å². The normalized spacial score (nSPS) is 37.2. The number of amides is 1. The molecule has 4 aliphatic rings. The van der Waals surface area contributed by atoms with E-state index in [4.69, 9.17) is 4.74 Å². The van der Waals surface area contributed by atoms with Gasteiger partial charge in [-0.1, -0.05) is 6.92 Å². The number of ketones is 1. The number of hydrogen-bond acceptors (Lipinski definition) is 7. The van der Waals surface area contributed by atoms with Gasteiger partial charge in [-0.15, -0.1) is 0 Å². The van der Waals surface area contributed by atoms with E-state index in [0.717, 1.165) is 64.4 Å². The van der Waals surface area contributed by atoms with Gasteiger partial charge in [0.15, 0.2) is 0 Å². The number of methoxy groups -OCH3 is 1. The largest absolute Gasteiger partial charge is 0.381 e. The number of nitrogens with zero attached hydrogens (tertiary/aromatic N) is 2. The molecule has 0 aromatic heterocycles. The first-order valence-corrected chi connectivity index (χ1v) is 14.2. The van der Waals surface area contributed by atoms with Crippen LogP contribution in [0.15, 0.2) is 0 Å². The molecule has 4 rings (SSSR count). The highest BCUT2D eigenvalue weighted by molar-refractivity contribution is 5.83. The molecule has 2 saturated heterocycles. The Morgan fingerprint density at radius 1 is 0.943 bits per heavy atom. The quantitative estimate of drug-likeness (QED) is 0.477. The number of ether oxygens (including phenoxy) is 1. The lowest BCUT2D eigenvalue weighted by atomic mass is 9.72. The number of piperazine rings is 1. The van der Waals surface area contributed by atoms with Crippen LogP contribution >= 0.6 is 0 Å². The summed E-state index contributed by atoms with van der Waals surface area (Å²) in [6.45, 7) is 7.53. The van der Waals surface area contributed by atoms with Crippen LogP contribution in [-0.2, 0) is 14.3 Å². The minimum Gasteiger partial charge on any atom is -0.381 e. The predicted molar refractivity (Wildman–Crippen MR) is 138 cm³/mol. The fourth-order valence-electron chi connectivity index (χ4n) is 6.90. The fourth-order valence-corrected chi connectivity index (χ4v) is 6.90. The van der Waals surface area contributed by atoms with Crippen LogP contribution < -0.4 is 16.0 Å². The lowest BCUT2D eigenvalue weighted by Crippen LogP contribution is -2.63. The number of nitrogens with one attached hydrogen (secondary N) is 3. The van der Waals surface area contributed by atoms with Crippen molar-refractivity contribution in [2.45, 2.75) is 83.1 Å². The van der Waals surface area contributed by atoms with Gasteiger partial charge in [-0.05, 0) is 69.7 Å². The second-order valence-electron chi connectivity index (χ2n) is 11.5. The van der Waals surface area contributed by atoms with Crippen LogP contribution in [0.4, 0.5) is 0 Å². The van der Waals surface area contributed by atoms with Crippen molar-refractivity contribution in [1.82, 2.24) is 25.8 Å². The van der Waals surface area contributed by atoms with Gasteiger partial charge in [-0.2, -0.15) is 0 Å². The van der Waals surface area contributed by atoms with Gasteiger partial charge in [0.25, 0.3) is 0 Å². The molecule has 2 aliphatic heterocycles. The van der Waals surface area contributed by atoms with E-state index in [-0.39, 0.29) is 24.0 Å². The van der Waals surface area contributed by atoms with Gasteiger partial charge < -0.3 is 14.5 Å². The van der Waals surface area contributed by atoms with E-state index in [0.29, 0.717) is 36.7 Å². The maximum Gasteiger partial charge on any atom is 0.222 e. The zero-order valence-corrected chi connectivity index (χ0v) is 22.3. The van der Waals surface area contributed by atoms with E-state index in [2.05, 4.69) is 27.9 Å². The molecule has 3 unspecified atom stereocenters. The molecule has 0 aromatic carbocycles. The molecule has 2 aliphatic carbocycles. The highest BCUT2D eigenvalue weighted by Crippen LogP contribution is 2.35. The molecule has 3 N–H and O–H groups in total. The average molecular weight is 492 g/mol. The van der Waals surface area contributed by atoms with Crippen LogP contribution in [0, 0.1) is 23.7 Å². The van der Waals surface area contributed by atoms with Crippen molar-refractivity contribution in [2.24, 2.45) is 23.7 Å². The maximum atomic E-state index is 13.1. The van der Waals surface area contributed by atoms with E-state index in [1.807, 2.05) is 18.9 Å². The molecule has 2 heterocycles. The van der Waals surface area contributed by atoms with Gasteiger partial charge in [-0.3, -0.25) is 25.5 Å². The molecule has 4 fully saturated rings. The van der Waals surface area contributed by atoms with Crippen molar-refractivity contribution in [3.63, 3.8) is 0 Å². The minimum atomic E-state index is 0.0355. The third-order valence-corrected chi connectivity index (χ3v) is 9.33.